The number of hydrogen-bond acceptors (Lipinski definition) is 8. The van der Waals surface area contributed by atoms with Gasteiger partial charge in [0.2, 0.25) is 0 Å². The number of aliphatic hydroxyl groups excluding tert-OH is 1. The molecular weight excluding hydrogens is 294 g/mol. The van der Waals surface area contributed by atoms with E-state index < -0.39 is 36.0 Å². The van der Waals surface area contributed by atoms with Crippen LogP contribution in [0.3, 0.4) is 0 Å². The number of aliphatic hydroxyl groups is 1. The number of fused-ring (bicyclic) bond motifs is 1. The minimum atomic E-state index is -0.858. The molecule has 2 aliphatic heterocycles. The molecule has 0 aliphatic carbocycles. The minimum absolute atomic E-state index is 0.0744. The molecule has 2 fully saturated rings. The number of rotatable bonds is 3. The fraction of sp³-hybridized carbons (Fsp3) is 0.615. The van der Waals surface area contributed by atoms with Gasteiger partial charge in [0.05, 0.1) is 12.2 Å². The van der Waals surface area contributed by atoms with E-state index in [0.29, 0.717) is 6.29 Å². The molecule has 0 unspecified atom stereocenters. The van der Waals surface area contributed by atoms with E-state index in [1.807, 2.05) is 0 Å². The van der Waals surface area contributed by atoms with Crippen LogP contribution in [0.15, 0.2) is 11.0 Å². The number of carbonyl (C=O) groups excluding carboxylic acids is 1. The lowest BCUT2D eigenvalue weighted by Gasteiger charge is -2.24. The third kappa shape index (κ3) is 2.31. The average molecular weight is 311 g/mol. The van der Waals surface area contributed by atoms with E-state index in [1.165, 1.54) is 6.20 Å². The fourth-order valence-electron chi connectivity index (χ4n) is 2.80. The van der Waals surface area contributed by atoms with Gasteiger partial charge in [-0.05, 0) is 13.8 Å². The molecular formula is C13H17N3O6. The average Bonchev–Trinajstić information content (AvgIpc) is 2.92. The first kappa shape index (κ1) is 15.1. The Morgan fingerprint density at radius 3 is 2.77 bits per heavy atom. The van der Waals surface area contributed by atoms with Crippen molar-refractivity contribution >= 4 is 12.1 Å². The van der Waals surface area contributed by atoms with E-state index in [0.717, 1.165) is 4.57 Å². The number of nitrogens with two attached hydrogens (primary N) is 1. The SMILES string of the molecule is CC1(C)O[C@@H]2[C@H](O1)[C@@H](CO)O[C@H]2n1cc(C=O)c(N)nc1=O. The van der Waals surface area contributed by atoms with Crippen LogP contribution >= 0.6 is 0 Å². The van der Waals surface area contributed by atoms with Crippen LogP contribution in [0.2, 0.25) is 0 Å². The largest absolute Gasteiger partial charge is 0.394 e. The van der Waals surface area contributed by atoms with Crippen molar-refractivity contribution in [3.05, 3.63) is 22.2 Å². The molecule has 0 amide bonds. The van der Waals surface area contributed by atoms with Crippen LogP contribution in [0.5, 0.6) is 0 Å². The molecule has 0 radical (unpaired) electrons. The Morgan fingerprint density at radius 2 is 2.14 bits per heavy atom. The Labute approximate surface area is 125 Å². The van der Waals surface area contributed by atoms with Gasteiger partial charge in [-0.15, -0.1) is 0 Å². The van der Waals surface area contributed by atoms with Gasteiger partial charge in [0.1, 0.15) is 24.1 Å². The van der Waals surface area contributed by atoms with Gasteiger partial charge in [-0.25, -0.2) is 4.79 Å². The topological polar surface area (TPSA) is 126 Å². The van der Waals surface area contributed by atoms with Gasteiger partial charge in [-0.1, -0.05) is 0 Å². The summed E-state index contributed by atoms with van der Waals surface area (Å²) in [5, 5.41) is 9.42. The molecule has 0 spiro atoms. The Bertz CT molecular complexity index is 658. The molecule has 22 heavy (non-hydrogen) atoms. The van der Waals surface area contributed by atoms with Crippen LogP contribution in [0.25, 0.3) is 0 Å². The predicted molar refractivity (Wildman–Crippen MR) is 73.1 cm³/mol. The molecule has 2 saturated heterocycles. The maximum absolute atomic E-state index is 12.1. The van der Waals surface area contributed by atoms with Crippen molar-refractivity contribution in [1.29, 1.82) is 0 Å². The zero-order valence-electron chi connectivity index (χ0n) is 12.1. The van der Waals surface area contributed by atoms with Gasteiger partial charge >= 0.3 is 5.69 Å². The molecule has 2 aliphatic rings. The Balaban J connectivity index is 2.02. The second-order valence-electron chi connectivity index (χ2n) is 5.70. The number of ether oxygens (including phenoxy) is 3. The van der Waals surface area contributed by atoms with Gasteiger partial charge in [-0.2, -0.15) is 4.98 Å². The van der Waals surface area contributed by atoms with Gasteiger partial charge < -0.3 is 25.1 Å². The van der Waals surface area contributed by atoms with Crippen LogP contribution in [0.4, 0.5) is 5.82 Å². The first-order valence-electron chi connectivity index (χ1n) is 6.82. The highest BCUT2D eigenvalue weighted by Crippen LogP contribution is 2.42. The number of aromatic nitrogens is 2. The van der Waals surface area contributed by atoms with Crippen LogP contribution in [-0.2, 0) is 14.2 Å². The fourth-order valence-corrected chi connectivity index (χ4v) is 2.80. The highest BCUT2D eigenvalue weighted by Gasteiger charge is 2.55. The lowest BCUT2D eigenvalue weighted by molar-refractivity contribution is -0.200. The lowest BCUT2D eigenvalue weighted by Crippen LogP contribution is -2.35. The summed E-state index contributed by atoms with van der Waals surface area (Å²) in [6.45, 7) is 3.18. The van der Waals surface area contributed by atoms with Gasteiger partial charge in [0.15, 0.2) is 18.3 Å². The summed E-state index contributed by atoms with van der Waals surface area (Å²) in [4.78, 5) is 26.6. The van der Waals surface area contributed by atoms with Crippen molar-refractivity contribution in [2.24, 2.45) is 0 Å². The van der Waals surface area contributed by atoms with Crippen LogP contribution in [0.1, 0.15) is 30.4 Å². The summed E-state index contributed by atoms with van der Waals surface area (Å²) in [5.74, 6) is -1.00. The zero-order chi connectivity index (χ0) is 16.1. The van der Waals surface area contributed by atoms with Crippen molar-refractivity contribution in [3.8, 4) is 0 Å². The number of hydrogen-bond donors (Lipinski definition) is 2. The van der Waals surface area contributed by atoms with Crippen LogP contribution < -0.4 is 11.4 Å². The molecule has 9 heteroatoms. The normalized spacial score (nSPS) is 32.9. The summed E-state index contributed by atoms with van der Waals surface area (Å²) >= 11 is 0. The number of nitrogen functional groups attached to an aromatic ring is 1. The molecule has 1 aromatic rings. The highest BCUT2D eigenvalue weighted by molar-refractivity contribution is 5.80. The standard InChI is InChI=1S/C13H17N3O6/c1-13(2)21-8-7(5-18)20-11(9(8)22-13)16-3-6(4-17)10(14)15-12(16)19/h3-4,7-9,11,18H,5H2,1-2H3,(H2,14,15,19)/t7-,8-,9-,11-/m1/s1. The maximum Gasteiger partial charge on any atom is 0.351 e. The highest BCUT2D eigenvalue weighted by atomic mass is 16.8. The molecule has 4 atom stereocenters. The summed E-state index contributed by atoms with van der Waals surface area (Å²) < 4.78 is 18.3. The maximum atomic E-state index is 12.1. The van der Waals surface area contributed by atoms with E-state index in [1.54, 1.807) is 13.8 Å². The number of anilines is 1. The monoisotopic (exact) mass is 311 g/mol. The van der Waals surface area contributed by atoms with Crippen molar-refractivity contribution in [2.75, 3.05) is 12.3 Å². The Kier molecular flexibility index (Phi) is 3.52. The van der Waals surface area contributed by atoms with E-state index in [-0.39, 0.29) is 18.0 Å². The van der Waals surface area contributed by atoms with Crippen molar-refractivity contribution in [3.63, 3.8) is 0 Å². The van der Waals surface area contributed by atoms with Gasteiger partial charge in [0, 0.05) is 6.20 Å². The summed E-state index contributed by atoms with van der Waals surface area (Å²) in [5.41, 5.74) is 4.92. The van der Waals surface area contributed by atoms with Gasteiger partial charge in [0.25, 0.3) is 0 Å². The van der Waals surface area contributed by atoms with E-state index in [9.17, 15) is 14.7 Å². The molecule has 3 rings (SSSR count). The first-order chi connectivity index (χ1) is 10.4. The molecule has 0 saturated carbocycles. The number of nitrogens with zero attached hydrogens (tertiary/aromatic N) is 2. The number of aldehydes is 1. The minimum Gasteiger partial charge on any atom is -0.394 e. The number of carbonyl (C=O) groups is 1. The lowest BCUT2D eigenvalue weighted by atomic mass is 10.1. The zero-order valence-corrected chi connectivity index (χ0v) is 12.1. The van der Waals surface area contributed by atoms with Crippen molar-refractivity contribution in [1.82, 2.24) is 9.55 Å². The summed E-state index contributed by atoms with van der Waals surface area (Å²) in [6.07, 6.45) is -0.842. The second kappa shape index (κ2) is 5.13. The second-order valence-corrected chi connectivity index (χ2v) is 5.70. The van der Waals surface area contributed by atoms with Crippen LogP contribution in [0, 0.1) is 0 Å². The quantitative estimate of drug-likeness (QED) is 0.684. The molecule has 0 bridgehead atoms. The Morgan fingerprint density at radius 1 is 1.45 bits per heavy atom. The van der Waals surface area contributed by atoms with Crippen LogP contribution in [-0.4, -0.2) is 51.6 Å². The van der Waals surface area contributed by atoms with E-state index >= 15 is 0 Å². The van der Waals surface area contributed by atoms with E-state index in [4.69, 9.17) is 19.9 Å². The third-order valence-corrected chi connectivity index (χ3v) is 3.72. The summed E-state index contributed by atoms with van der Waals surface area (Å²) in [7, 11) is 0. The van der Waals surface area contributed by atoms with E-state index in [2.05, 4.69) is 4.98 Å². The van der Waals surface area contributed by atoms with Crippen molar-refractivity contribution < 1.29 is 24.1 Å². The molecule has 1 aromatic heterocycles. The van der Waals surface area contributed by atoms with Gasteiger partial charge in [-0.3, -0.25) is 9.36 Å². The molecule has 9 nitrogen and oxygen atoms in total. The Hall–Kier alpha value is -1.81. The smallest absolute Gasteiger partial charge is 0.351 e. The first-order valence-corrected chi connectivity index (χ1v) is 6.82. The molecule has 3 heterocycles. The predicted octanol–water partition coefficient (Wildman–Crippen LogP) is -0.952. The van der Waals surface area contributed by atoms with Crippen molar-refractivity contribution in [2.45, 2.75) is 44.2 Å². The third-order valence-electron chi connectivity index (χ3n) is 3.72. The molecule has 0 aromatic carbocycles. The summed E-state index contributed by atoms with van der Waals surface area (Å²) in [6, 6.07) is 0. The molecule has 120 valence electrons. The molecule has 3 N–H and O–H groups in total.